The van der Waals surface area contributed by atoms with E-state index in [0.29, 0.717) is 26.3 Å². The van der Waals surface area contributed by atoms with Gasteiger partial charge < -0.3 is 15.0 Å². The SMILES string of the molecule is Cc1ccc(CCNC(=O)N2CCOC[C@H]2c2nc(C)cs2)cc1. The number of nitrogens with zero attached hydrogens (tertiary/aromatic N) is 2. The van der Waals surface area contributed by atoms with Crippen LogP contribution < -0.4 is 5.32 Å². The molecule has 0 unspecified atom stereocenters. The van der Waals surface area contributed by atoms with Gasteiger partial charge in [0.25, 0.3) is 0 Å². The van der Waals surface area contributed by atoms with E-state index in [4.69, 9.17) is 4.74 Å². The molecule has 3 rings (SSSR count). The lowest BCUT2D eigenvalue weighted by molar-refractivity contribution is 0.0116. The van der Waals surface area contributed by atoms with Crippen molar-refractivity contribution in [1.29, 1.82) is 0 Å². The number of ether oxygens (including phenoxy) is 1. The topological polar surface area (TPSA) is 54.5 Å². The first-order valence-electron chi connectivity index (χ1n) is 8.23. The van der Waals surface area contributed by atoms with E-state index >= 15 is 0 Å². The lowest BCUT2D eigenvalue weighted by Gasteiger charge is -2.34. The number of nitrogens with one attached hydrogen (secondary N) is 1. The molecule has 1 atom stereocenters. The maximum atomic E-state index is 12.6. The number of carbonyl (C=O) groups excluding carboxylic acids is 1. The molecule has 0 spiro atoms. The Labute approximate surface area is 146 Å². The van der Waals surface area contributed by atoms with Crippen LogP contribution in [0.1, 0.15) is 27.9 Å². The van der Waals surface area contributed by atoms with Gasteiger partial charge in [-0.25, -0.2) is 9.78 Å². The molecule has 1 fully saturated rings. The summed E-state index contributed by atoms with van der Waals surface area (Å²) in [6.07, 6.45) is 0.831. The van der Waals surface area contributed by atoms with Crippen molar-refractivity contribution in [1.82, 2.24) is 15.2 Å². The van der Waals surface area contributed by atoms with Crippen molar-refractivity contribution in [3.05, 3.63) is 51.5 Å². The zero-order valence-electron chi connectivity index (χ0n) is 14.1. The molecule has 0 saturated carbocycles. The Morgan fingerprint density at radius 1 is 1.38 bits per heavy atom. The monoisotopic (exact) mass is 345 g/mol. The number of morpholine rings is 1. The summed E-state index contributed by atoms with van der Waals surface area (Å²) in [5, 5.41) is 5.99. The van der Waals surface area contributed by atoms with Crippen LogP contribution in [0.4, 0.5) is 4.79 Å². The lowest BCUT2D eigenvalue weighted by atomic mass is 10.1. The lowest BCUT2D eigenvalue weighted by Crippen LogP contribution is -2.48. The first kappa shape index (κ1) is 16.9. The van der Waals surface area contributed by atoms with E-state index in [2.05, 4.69) is 41.5 Å². The molecule has 1 saturated heterocycles. The second-order valence-electron chi connectivity index (χ2n) is 6.08. The zero-order valence-corrected chi connectivity index (χ0v) is 14.9. The highest BCUT2D eigenvalue weighted by Gasteiger charge is 2.30. The molecule has 128 valence electrons. The molecule has 1 aliphatic heterocycles. The predicted molar refractivity (Wildman–Crippen MR) is 95.4 cm³/mol. The summed E-state index contributed by atoms with van der Waals surface area (Å²) in [5.41, 5.74) is 3.47. The molecule has 0 radical (unpaired) electrons. The van der Waals surface area contributed by atoms with Crippen molar-refractivity contribution in [3.63, 3.8) is 0 Å². The molecule has 1 aromatic heterocycles. The molecule has 2 heterocycles. The van der Waals surface area contributed by atoms with Crippen LogP contribution in [0.25, 0.3) is 0 Å². The van der Waals surface area contributed by atoms with Gasteiger partial charge in [-0.15, -0.1) is 11.3 Å². The average Bonchev–Trinajstić information content (AvgIpc) is 3.03. The molecular formula is C18H23N3O2S. The Morgan fingerprint density at radius 2 is 2.17 bits per heavy atom. The van der Waals surface area contributed by atoms with E-state index in [0.717, 1.165) is 17.1 Å². The Balaban J connectivity index is 1.57. The highest BCUT2D eigenvalue weighted by molar-refractivity contribution is 7.09. The minimum atomic E-state index is -0.0863. The van der Waals surface area contributed by atoms with Gasteiger partial charge in [-0.1, -0.05) is 29.8 Å². The van der Waals surface area contributed by atoms with E-state index in [1.54, 1.807) is 11.3 Å². The smallest absolute Gasteiger partial charge is 0.318 e. The molecule has 0 bridgehead atoms. The third-order valence-corrected chi connectivity index (χ3v) is 5.19. The molecule has 1 aromatic carbocycles. The Bertz CT molecular complexity index is 684. The van der Waals surface area contributed by atoms with Crippen molar-refractivity contribution in [2.75, 3.05) is 26.3 Å². The Hall–Kier alpha value is -1.92. The van der Waals surface area contributed by atoms with Crippen LogP contribution in [0.2, 0.25) is 0 Å². The van der Waals surface area contributed by atoms with Crippen LogP contribution in [-0.2, 0) is 11.2 Å². The Kier molecular flexibility index (Phi) is 5.48. The molecule has 24 heavy (non-hydrogen) atoms. The van der Waals surface area contributed by atoms with Crippen molar-refractivity contribution < 1.29 is 9.53 Å². The second-order valence-corrected chi connectivity index (χ2v) is 6.97. The summed E-state index contributed by atoms with van der Waals surface area (Å²) < 4.78 is 5.56. The summed E-state index contributed by atoms with van der Waals surface area (Å²) in [4.78, 5) is 18.9. The van der Waals surface area contributed by atoms with Gasteiger partial charge in [0.15, 0.2) is 0 Å². The predicted octanol–water partition coefficient (Wildman–Crippen LogP) is 3.09. The number of aryl methyl sites for hydroxylation is 2. The number of benzene rings is 1. The molecule has 5 nitrogen and oxygen atoms in total. The summed E-state index contributed by atoms with van der Waals surface area (Å²) in [5.74, 6) is 0. The second kappa shape index (κ2) is 7.77. The molecule has 2 aromatic rings. The highest BCUT2D eigenvalue weighted by Crippen LogP contribution is 2.26. The quantitative estimate of drug-likeness (QED) is 0.926. The summed E-state index contributed by atoms with van der Waals surface area (Å²) in [6.45, 7) is 6.35. The summed E-state index contributed by atoms with van der Waals surface area (Å²) >= 11 is 1.59. The van der Waals surface area contributed by atoms with E-state index in [1.165, 1.54) is 11.1 Å². The third-order valence-electron chi connectivity index (χ3n) is 4.12. The van der Waals surface area contributed by atoms with Gasteiger partial charge in [-0.2, -0.15) is 0 Å². The number of hydrogen-bond donors (Lipinski definition) is 1. The maximum absolute atomic E-state index is 12.6. The van der Waals surface area contributed by atoms with Crippen molar-refractivity contribution in [2.45, 2.75) is 26.3 Å². The molecule has 6 heteroatoms. The van der Waals surface area contributed by atoms with Gasteiger partial charge in [0.05, 0.1) is 13.2 Å². The largest absolute Gasteiger partial charge is 0.377 e. The standard InChI is InChI=1S/C18H23N3O2S/c1-13-3-5-15(6-4-13)7-8-19-18(22)21-9-10-23-11-16(21)17-20-14(2)12-24-17/h3-6,12,16H,7-11H2,1-2H3,(H,19,22)/t16-/m0/s1. The third kappa shape index (κ3) is 4.13. The van der Waals surface area contributed by atoms with E-state index < -0.39 is 0 Å². The van der Waals surface area contributed by atoms with Crippen molar-refractivity contribution >= 4 is 17.4 Å². The first-order chi connectivity index (χ1) is 11.6. The van der Waals surface area contributed by atoms with Crippen LogP contribution in [0.3, 0.4) is 0 Å². The Morgan fingerprint density at radius 3 is 2.88 bits per heavy atom. The van der Waals surface area contributed by atoms with E-state index in [9.17, 15) is 4.79 Å². The van der Waals surface area contributed by atoms with Crippen LogP contribution in [0, 0.1) is 13.8 Å². The fourth-order valence-corrected chi connectivity index (χ4v) is 3.64. The number of carbonyl (C=O) groups is 1. The molecule has 1 N–H and O–H groups in total. The van der Waals surface area contributed by atoms with Crippen LogP contribution in [-0.4, -0.2) is 42.2 Å². The minimum Gasteiger partial charge on any atom is -0.377 e. The normalized spacial score (nSPS) is 17.8. The molecule has 0 aliphatic carbocycles. The van der Waals surface area contributed by atoms with Gasteiger partial charge in [0.1, 0.15) is 11.0 Å². The van der Waals surface area contributed by atoms with Gasteiger partial charge >= 0.3 is 6.03 Å². The van der Waals surface area contributed by atoms with Gasteiger partial charge in [-0.3, -0.25) is 0 Å². The number of urea groups is 1. The van der Waals surface area contributed by atoms with E-state index in [-0.39, 0.29) is 12.1 Å². The number of aromatic nitrogens is 1. The number of amides is 2. The fourth-order valence-electron chi connectivity index (χ4n) is 2.75. The fraction of sp³-hybridized carbons (Fsp3) is 0.444. The number of rotatable bonds is 4. The van der Waals surface area contributed by atoms with Crippen molar-refractivity contribution in [2.24, 2.45) is 0 Å². The maximum Gasteiger partial charge on any atom is 0.318 e. The zero-order chi connectivity index (χ0) is 16.9. The molecular weight excluding hydrogens is 322 g/mol. The van der Waals surface area contributed by atoms with Crippen LogP contribution in [0.15, 0.2) is 29.6 Å². The summed E-state index contributed by atoms with van der Waals surface area (Å²) in [6, 6.07) is 8.29. The van der Waals surface area contributed by atoms with Crippen molar-refractivity contribution in [3.8, 4) is 0 Å². The molecule has 1 aliphatic rings. The highest BCUT2D eigenvalue weighted by atomic mass is 32.1. The van der Waals surface area contributed by atoms with Gasteiger partial charge in [0, 0.05) is 24.2 Å². The number of thiazole rings is 1. The van der Waals surface area contributed by atoms with Gasteiger partial charge in [0.2, 0.25) is 0 Å². The number of hydrogen-bond acceptors (Lipinski definition) is 4. The first-order valence-corrected chi connectivity index (χ1v) is 9.11. The average molecular weight is 345 g/mol. The minimum absolute atomic E-state index is 0.0386. The molecule has 2 amide bonds. The summed E-state index contributed by atoms with van der Waals surface area (Å²) in [7, 11) is 0. The van der Waals surface area contributed by atoms with Crippen LogP contribution >= 0.6 is 11.3 Å². The van der Waals surface area contributed by atoms with E-state index in [1.807, 2.05) is 17.2 Å². The van der Waals surface area contributed by atoms with Gasteiger partial charge in [-0.05, 0) is 25.8 Å². The van der Waals surface area contributed by atoms with Crippen LogP contribution in [0.5, 0.6) is 0 Å².